The topological polar surface area (TPSA) is 58.6 Å². The summed E-state index contributed by atoms with van der Waals surface area (Å²) >= 11 is 0. The largest absolute Gasteiger partial charge is 0.478 e. The molecule has 1 N–H and O–H groups in total. The number of nitrogens with zero attached hydrogens (tertiary/aromatic N) is 1. The number of hydrogen-bond acceptors (Lipinski definition) is 3. The number of fused-ring (bicyclic) bond motifs is 2. The van der Waals surface area contributed by atoms with Crippen molar-refractivity contribution in [2.45, 2.75) is 18.3 Å². The Kier molecular flexibility index (Phi) is 4.30. The molecule has 7 heteroatoms. The van der Waals surface area contributed by atoms with Gasteiger partial charge in [0.1, 0.15) is 0 Å². The minimum absolute atomic E-state index is 0.0412. The van der Waals surface area contributed by atoms with E-state index < -0.39 is 29.4 Å². The van der Waals surface area contributed by atoms with E-state index in [0.717, 1.165) is 23.4 Å². The van der Waals surface area contributed by atoms with Gasteiger partial charge in [-0.2, -0.15) is 0 Å². The van der Waals surface area contributed by atoms with Crippen molar-refractivity contribution < 1.29 is 23.1 Å². The van der Waals surface area contributed by atoms with Crippen molar-refractivity contribution >= 4 is 17.5 Å². The van der Waals surface area contributed by atoms with E-state index in [1.165, 1.54) is 6.07 Å². The summed E-state index contributed by atoms with van der Waals surface area (Å²) in [6, 6.07) is 11.0. The van der Waals surface area contributed by atoms with E-state index in [1.54, 1.807) is 4.90 Å². The number of amides is 2. The normalized spacial score (nSPS) is 17.6. The zero-order valence-electron chi connectivity index (χ0n) is 14.5. The Balaban J connectivity index is 1.41. The molecule has 2 amide bonds. The molecule has 2 aliphatic rings. The van der Waals surface area contributed by atoms with Crippen molar-refractivity contribution in [2.75, 3.05) is 25.0 Å². The van der Waals surface area contributed by atoms with Crippen LogP contribution in [0.3, 0.4) is 0 Å². The minimum Gasteiger partial charge on any atom is -0.478 e. The average molecular weight is 372 g/mol. The van der Waals surface area contributed by atoms with Gasteiger partial charge in [0.15, 0.2) is 24.0 Å². The van der Waals surface area contributed by atoms with Crippen LogP contribution in [0.1, 0.15) is 18.4 Å². The number of ether oxygens (including phenoxy) is 1. The zero-order chi connectivity index (χ0) is 19.0. The predicted molar refractivity (Wildman–Crippen MR) is 94.4 cm³/mol. The van der Waals surface area contributed by atoms with E-state index in [0.29, 0.717) is 25.9 Å². The van der Waals surface area contributed by atoms with Gasteiger partial charge in [-0.1, -0.05) is 24.3 Å². The number of rotatable bonds is 3. The molecule has 5 nitrogen and oxygen atoms in total. The summed E-state index contributed by atoms with van der Waals surface area (Å²) in [5.74, 6) is -2.65. The third-order valence-electron chi connectivity index (χ3n) is 5.35. The summed E-state index contributed by atoms with van der Waals surface area (Å²) in [6.07, 6.45) is 0.991. The van der Waals surface area contributed by atoms with Crippen molar-refractivity contribution in [3.05, 3.63) is 59.7 Å². The molecule has 2 heterocycles. The number of benzene rings is 2. The number of anilines is 1. The van der Waals surface area contributed by atoms with Crippen LogP contribution in [-0.4, -0.2) is 36.4 Å². The lowest BCUT2D eigenvalue weighted by Crippen LogP contribution is -2.49. The van der Waals surface area contributed by atoms with Crippen LogP contribution >= 0.6 is 0 Å². The average Bonchev–Trinajstić information content (AvgIpc) is 2.93. The second-order valence-electron chi connectivity index (χ2n) is 6.80. The molecule has 0 radical (unpaired) electrons. The molecular weight excluding hydrogens is 354 g/mol. The SMILES string of the molecule is O=C(COc1c(F)cccc1F)N1CCC2(CC1)C(=O)Nc1ccccc12. The predicted octanol–water partition coefficient (Wildman–Crippen LogP) is 2.86. The Labute approximate surface area is 154 Å². The Morgan fingerprint density at radius 1 is 1.07 bits per heavy atom. The molecule has 1 spiro atoms. The number of likely N-dealkylation sites (tertiary alicyclic amines) is 1. The molecule has 0 aliphatic carbocycles. The highest BCUT2D eigenvalue weighted by atomic mass is 19.1. The Morgan fingerprint density at radius 2 is 1.74 bits per heavy atom. The monoisotopic (exact) mass is 372 g/mol. The summed E-state index contributed by atoms with van der Waals surface area (Å²) in [5.41, 5.74) is 1.17. The molecule has 4 rings (SSSR count). The van der Waals surface area contributed by atoms with Gasteiger partial charge in [0.25, 0.3) is 5.91 Å². The van der Waals surface area contributed by atoms with Gasteiger partial charge < -0.3 is 15.0 Å². The molecular formula is C20H18F2N2O3. The van der Waals surface area contributed by atoms with Crippen molar-refractivity contribution in [1.29, 1.82) is 0 Å². The lowest BCUT2D eigenvalue weighted by Gasteiger charge is -2.37. The first-order valence-electron chi connectivity index (χ1n) is 8.77. The van der Waals surface area contributed by atoms with Crippen LogP contribution in [0.4, 0.5) is 14.5 Å². The van der Waals surface area contributed by atoms with Gasteiger partial charge in [0.2, 0.25) is 5.91 Å². The van der Waals surface area contributed by atoms with Gasteiger partial charge in [0, 0.05) is 18.8 Å². The number of carbonyl (C=O) groups excluding carboxylic acids is 2. The maximum absolute atomic E-state index is 13.6. The molecule has 2 aromatic carbocycles. The fraction of sp³-hybridized carbons (Fsp3) is 0.300. The van der Waals surface area contributed by atoms with E-state index in [2.05, 4.69) is 5.32 Å². The lowest BCUT2D eigenvalue weighted by atomic mass is 9.73. The fourth-order valence-corrected chi connectivity index (χ4v) is 3.85. The molecule has 1 saturated heterocycles. The molecule has 1 fully saturated rings. The zero-order valence-corrected chi connectivity index (χ0v) is 14.5. The van der Waals surface area contributed by atoms with Crippen molar-refractivity contribution in [3.8, 4) is 5.75 Å². The van der Waals surface area contributed by atoms with Gasteiger partial charge in [-0.25, -0.2) is 8.78 Å². The molecule has 0 unspecified atom stereocenters. The molecule has 140 valence electrons. The fourth-order valence-electron chi connectivity index (χ4n) is 3.85. The van der Waals surface area contributed by atoms with Crippen molar-refractivity contribution in [1.82, 2.24) is 4.90 Å². The first-order chi connectivity index (χ1) is 13.0. The molecule has 0 aromatic heterocycles. The second-order valence-corrected chi connectivity index (χ2v) is 6.80. The summed E-state index contributed by atoms with van der Waals surface area (Å²) in [4.78, 5) is 26.5. The van der Waals surface area contributed by atoms with E-state index >= 15 is 0 Å². The Morgan fingerprint density at radius 3 is 2.44 bits per heavy atom. The molecule has 2 aliphatic heterocycles. The maximum Gasteiger partial charge on any atom is 0.260 e. The molecule has 0 saturated carbocycles. The van der Waals surface area contributed by atoms with E-state index in [9.17, 15) is 18.4 Å². The Bertz CT molecular complexity index is 888. The van der Waals surface area contributed by atoms with Crippen LogP contribution in [0.25, 0.3) is 0 Å². The van der Waals surface area contributed by atoms with E-state index in [4.69, 9.17) is 4.74 Å². The molecule has 27 heavy (non-hydrogen) atoms. The number of piperidine rings is 1. The van der Waals surface area contributed by atoms with Crippen LogP contribution in [0.5, 0.6) is 5.75 Å². The first kappa shape index (κ1) is 17.5. The number of nitrogens with one attached hydrogen (secondary N) is 1. The quantitative estimate of drug-likeness (QED) is 0.901. The number of carbonyl (C=O) groups is 2. The van der Waals surface area contributed by atoms with Gasteiger partial charge in [-0.15, -0.1) is 0 Å². The van der Waals surface area contributed by atoms with Crippen LogP contribution in [0.2, 0.25) is 0 Å². The molecule has 0 atom stereocenters. The van der Waals surface area contributed by atoms with Crippen molar-refractivity contribution in [3.63, 3.8) is 0 Å². The summed E-state index contributed by atoms with van der Waals surface area (Å²) in [5, 5.41) is 2.91. The van der Waals surface area contributed by atoms with Crippen LogP contribution < -0.4 is 10.1 Å². The van der Waals surface area contributed by atoms with Crippen LogP contribution in [-0.2, 0) is 15.0 Å². The number of para-hydroxylation sites is 2. The van der Waals surface area contributed by atoms with Crippen LogP contribution in [0, 0.1) is 11.6 Å². The van der Waals surface area contributed by atoms with E-state index in [1.807, 2.05) is 24.3 Å². The maximum atomic E-state index is 13.6. The second kappa shape index (κ2) is 6.64. The van der Waals surface area contributed by atoms with Crippen LogP contribution in [0.15, 0.2) is 42.5 Å². The summed E-state index contributed by atoms with van der Waals surface area (Å²) < 4.78 is 32.2. The van der Waals surface area contributed by atoms with Gasteiger partial charge >= 0.3 is 0 Å². The summed E-state index contributed by atoms with van der Waals surface area (Å²) in [7, 11) is 0. The number of hydrogen-bond donors (Lipinski definition) is 1. The highest BCUT2D eigenvalue weighted by Gasteiger charge is 2.48. The van der Waals surface area contributed by atoms with E-state index in [-0.39, 0.29) is 11.8 Å². The first-order valence-corrected chi connectivity index (χ1v) is 8.77. The van der Waals surface area contributed by atoms with Gasteiger partial charge in [-0.05, 0) is 36.6 Å². The molecule has 0 bridgehead atoms. The summed E-state index contributed by atoms with van der Waals surface area (Å²) in [6.45, 7) is 0.307. The third kappa shape index (κ3) is 2.93. The highest BCUT2D eigenvalue weighted by molar-refractivity contribution is 6.06. The third-order valence-corrected chi connectivity index (χ3v) is 5.35. The van der Waals surface area contributed by atoms with Gasteiger partial charge in [-0.3, -0.25) is 9.59 Å². The Hall–Kier alpha value is -2.96. The van der Waals surface area contributed by atoms with Gasteiger partial charge in [0.05, 0.1) is 5.41 Å². The minimum atomic E-state index is -0.848. The molecule has 2 aromatic rings. The highest BCUT2D eigenvalue weighted by Crippen LogP contribution is 2.44. The van der Waals surface area contributed by atoms with Crippen molar-refractivity contribution in [2.24, 2.45) is 0 Å². The number of halogens is 2. The smallest absolute Gasteiger partial charge is 0.260 e. The standard InChI is InChI=1S/C20H18F2N2O3/c21-14-5-3-6-15(22)18(14)27-12-17(25)24-10-8-20(9-11-24)13-4-1-2-7-16(13)23-19(20)26/h1-7H,8-12H2,(H,23,26). The lowest BCUT2D eigenvalue weighted by molar-refractivity contribution is -0.137.